The maximum atomic E-state index is 16.0. The lowest BCUT2D eigenvalue weighted by atomic mass is 9.96. The highest BCUT2D eigenvalue weighted by Crippen LogP contribution is 2.47. The first-order chi connectivity index (χ1) is 22.8. The Bertz CT molecular complexity index is 1920. The van der Waals surface area contributed by atoms with Gasteiger partial charge in [0.1, 0.15) is 35.4 Å². The molecule has 1 aliphatic heterocycles. The van der Waals surface area contributed by atoms with Crippen LogP contribution in [0, 0.1) is 11.6 Å². The van der Waals surface area contributed by atoms with E-state index in [2.05, 4.69) is 49.1 Å². The van der Waals surface area contributed by atoms with Gasteiger partial charge in [-0.3, -0.25) is 9.89 Å². The topological polar surface area (TPSA) is 121 Å². The molecule has 2 N–H and O–H groups in total. The number of amides is 1. The van der Waals surface area contributed by atoms with Crippen molar-refractivity contribution in [3.05, 3.63) is 71.9 Å². The van der Waals surface area contributed by atoms with Gasteiger partial charge in [0.25, 0.3) is 0 Å². The molecule has 5 aromatic rings. The fourth-order valence-corrected chi connectivity index (χ4v) is 6.46. The summed E-state index contributed by atoms with van der Waals surface area (Å²) < 4.78 is 42.3. The van der Waals surface area contributed by atoms with E-state index in [1.54, 1.807) is 19.2 Å². The standard InChI is InChI=1S/C33H34F2N8O3S/c1-5-28(44)37-19(2)24-17-25(40-39-24)32-30(29-23(35)15-21(34)16-26(29)46-12-11-45-4)33-22(6-13-47-33)31(38-32)20-14-27(41-36-18-20)43-9-7-42(3)8-10-43/h5-6,13-19H,1,7-12H2,2-4H3,(H,37,44)(H,39,40). The predicted octanol–water partition coefficient (Wildman–Crippen LogP) is 5.23. The van der Waals surface area contributed by atoms with Gasteiger partial charge in [0.15, 0.2) is 5.82 Å². The van der Waals surface area contributed by atoms with Crippen LogP contribution in [-0.2, 0) is 9.53 Å². The van der Waals surface area contributed by atoms with E-state index in [-0.39, 0.29) is 30.4 Å². The molecule has 1 aliphatic rings. The molecule has 1 saturated heterocycles. The van der Waals surface area contributed by atoms with E-state index in [1.807, 2.05) is 17.5 Å². The molecule has 244 valence electrons. The summed E-state index contributed by atoms with van der Waals surface area (Å²) >= 11 is 1.39. The number of benzene rings is 1. The molecule has 4 aromatic heterocycles. The number of nitrogens with one attached hydrogen (secondary N) is 2. The van der Waals surface area contributed by atoms with Crippen LogP contribution in [0.25, 0.3) is 43.9 Å². The number of H-pyrrole nitrogens is 1. The van der Waals surface area contributed by atoms with Crippen molar-refractivity contribution in [1.82, 2.24) is 35.6 Å². The molecule has 0 saturated carbocycles. The normalized spacial score (nSPS) is 14.4. The van der Waals surface area contributed by atoms with Gasteiger partial charge < -0.3 is 24.6 Å². The van der Waals surface area contributed by atoms with Gasteiger partial charge in [-0.1, -0.05) is 6.58 Å². The number of nitrogens with zero attached hydrogens (tertiary/aromatic N) is 6. The molecule has 5 heterocycles. The van der Waals surface area contributed by atoms with Gasteiger partial charge in [0.05, 0.1) is 35.8 Å². The number of anilines is 1. The van der Waals surface area contributed by atoms with Crippen LogP contribution in [-0.4, -0.2) is 89.7 Å². The number of hydrogen-bond donors (Lipinski definition) is 2. The molecule has 11 nitrogen and oxygen atoms in total. The van der Waals surface area contributed by atoms with E-state index in [9.17, 15) is 9.18 Å². The minimum atomic E-state index is -0.812. The second-order valence-electron chi connectivity index (χ2n) is 11.2. The van der Waals surface area contributed by atoms with Crippen molar-refractivity contribution in [2.75, 3.05) is 58.5 Å². The van der Waals surface area contributed by atoms with Crippen LogP contribution < -0.4 is 15.0 Å². The van der Waals surface area contributed by atoms with Crippen molar-refractivity contribution in [2.24, 2.45) is 0 Å². The number of ether oxygens (including phenoxy) is 2. The molecule has 1 unspecified atom stereocenters. The average molecular weight is 661 g/mol. The van der Waals surface area contributed by atoms with Gasteiger partial charge in [-0.25, -0.2) is 13.8 Å². The van der Waals surface area contributed by atoms with Gasteiger partial charge in [0, 0.05) is 66.6 Å². The van der Waals surface area contributed by atoms with Crippen molar-refractivity contribution < 1.29 is 23.0 Å². The number of carbonyl (C=O) groups is 1. The Morgan fingerprint density at radius 1 is 1.15 bits per heavy atom. The Hall–Kier alpha value is -4.79. The molecular weight excluding hydrogens is 626 g/mol. The van der Waals surface area contributed by atoms with Crippen LogP contribution in [0.1, 0.15) is 18.7 Å². The van der Waals surface area contributed by atoms with Gasteiger partial charge >= 0.3 is 0 Å². The summed E-state index contributed by atoms with van der Waals surface area (Å²) in [5, 5.41) is 21.7. The number of thiophene rings is 1. The number of piperazine rings is 1. The monoisotopic (exact) mass is 660 g/mol. The van der Waals surface area contributed by atoms with E-state index >= 15 is 4.39 Å². The van der Waals surface area contributed by atoms with Gasteiger partial charge in [0.2, 0.25) is 5.91 Å². The number of pyridine rings is 1. The number of likely N-dealkylation sites (N-methyl/N-ethyl adjacent to an activating group) is 1. The summed E-state index contributed by atoms with van der Waals surface area (Å²) in [6, 6.07) is 7.16. The van der Waals surface area contributed by atoms with Crippen molar-refractivity contribution in [3.63, 3.8) is 0 Å². The first-order valence-corrected chi connectivity index (χ1v) is 15.9. The lowest BCUT2D eigenvalue weighted by molar-refractivity contribution is -0.117. The lowest BCUT2D eigenvalue weighted by Crippen LogP contribution is -2.44. The molecule has 0 radical (unpaired) electrons. The molecule has 6 rings (SSSR count). The molecule has 1 aromatic carbocycles. The summed E-state index contributed by atoms with van der Waals surface area (Å²) in [5.74, 6) is -1.19. The zero-order valence-electron chi connectivity index (χ0n) is 26.2. The Morgan fingerprint density at radius 2 is 1.96 bits per heavy atom. The minimum absolute atomic E-state index is 0.00959. The molecule has 0 aliphatic carbocycles. The summed E-state index contributed by atoms with van der Waals surface area (Å²) in [7, 11) is 3.61. The predicted molar refractivity (Wildman–Crippen MR) is 177 cm³/mol. The fourth-order valence-electron chi connectivity index (χ4n) is 5.51. The van der Waals surface area contributed by atoms with Gasteiger partial charge in [-0.15, -0.1) is 16.4 Å². The highest BCUT2D eigenvalue weighted by molar-refractivity contribution is 7.18. The number of methoxy groups -OCH3 is 1. The van der Waals surface area contributed by atoms with E-state index in [1.165, 1.54) is 24.5 Å². The molecule has 14 heteroatoms. The molecule has 1 fully saturated rings. The fraction of sp³-hybridized carbons (Fsp3) is 0.303. The Kier molecular flexibility index (Phi) is 9.52. The van der Waals surface area contributed by atoms with Crippen molar-refractivity contribution in [2.45, 2.75) is 13.0 Å². The zero-order chi connectivity index (χ0) is 33.1. The Balaban J connectivity index is 1.56. The van der Waals surface area contributed by atoms with Gasteiger partial charge in [-0.05, 0) is 43.6 Å². The van der Waals surface area contributed by atoms with Crippen LogP contribution in [0.15, 0.2) is 54.6 Å². The quantitative estimate of drug-likeness (QED) is 0.145. The van der Waals surface area contributed by atoms with E-state index in [4.69, 9.17) is 14.5 Å². The maximum absolute atomic E-state index is 16.0. The average Bonchev–Trinajstić information content (AvgIpc) is 3.76. The number of hydrogen-bond acceptors (Lipinski definition) is 10. The third-order valence-electron chi connectivity index (χ3n) is 8.01. The number of rotatable bonds is 11. The van der Waals surface area contributed by atoms with Crippen LogP contribution >= 0.6 is 11.3 Å². The summed E-state index contributed by atoms with van der Waals surface area (Å²) in [6.07, 6.45) is 2.84. The summed E-state index contributed by atoms with van der Waals surface area (Å²) in [4.78, 5) is 21.6. The summed E-state index contributed by atoms with van der Waals surface area (Å²) in [6.45, 7) is 9.04. The number of aromatic amines is 1. The number of carbonyl (C=O) groups excluding carboxylic acids is 1. The van der Waals surface area contributed by atoms with Gasteiger partial charge in [-0.2, -0.15) is 10.2 Å². The smallest absolute Gasteiger partial charge is 0.243 e. The largest absolute Gasteiger partial charge is 0.490 e. The molecule has 1 amide bonds. The third-order valence-corrected chi connectivity index (χ3v) is 8.95. The second-order valence-corrected chi connectivity index (χ2v) is 12.1. The number of halogens is 2. The van der Waals surface area contributed by atoms with Crippen molar-refractivity contribution in [1.29, 1.82) is 0 Å². The molecule has 47 heavy (non-hydrogen) atoms. The number of aromatic nitrogens is 5. The van der Waals surface area contributed by atoms with E-state index in [0.717, 1.165) is 55.1 Å². The molecular formula is C33H34F2N8O3S. The zero-order valence-corrected chi connectivity index (χ0v) is 27.0. The number of fused-ring (bicyclic) bond motifs is 1. The Morgan fingerprint density at radius 3 is 2.72 bits per heavy atom. The third kappa shape index (κ3) is 6.70. The van der Waals surface area contributed by atoms with Crippen molar-refractivity contribution in [3.8, 4) is 39.5 Å². The SMILES string of the molecule is C=CC(=O)NC(C)c1cc(-c2nc(-c3cnnc(N4CCN(C)CC4)c3)c3ccsc3c2-c2c(F)cc(F)cc2OCCOC)n[nH]1. The maximum Gasteiger partial charge on any atom is 0.243 e. The van der Waals surface area contributed by atoms with Crippen molar-refractivity contribution >= 4 is 33.1 Å². The van der Waals surface area contributed by atoms with E-state index < -0.39 is 17.7 Å². The molecule has 0 spiro atoms. The van der Waals surface area contributed by atoms with Crippen LogP contribution in [0.4, 0.5) is 14.6 Å². The summed E-state index contributed by atoms with van der Waals surface area (Å²) in [5.41, 5.74) is 3.09. The first kappa shape index (κ1) is 32.2. The first-order valence-electron chi connectivity index (χ1n) is 15.0. The Labute approximate surface area is 274 Å². The van der Waals surface area contributed by atoms with Crippen LogP contribution in [0.5, 0.6) is 5.75 Å². The highest BCUT2D eigenvalue weighted by atomic mass is 32.1. The van der Waals surface area contributed by atoms with Crippen LogP contribution in [0.3, 0.4) is 0 Å². The molecule has 1 atom stereocenters. The second kappa shape index (κ2) is 13.9. The minimum Gasteiger partial charge on any atom is -0.490 e. The van der Waals surface area contributed by atoms with Crippen LogP contribution in [0.2, 0.25) is 0 Å². The van der Waals surface area contributed by atoms with E-state index in [0.29, 0.717) is 33.0 Å². The highest BCUT2D eigenvalue weighted by Gasteiger charge is 2.27. The molecule has 0 bridgehead atoms. The lowest BCUT2D eigenvalue weighted by Gasteiger charge is -2.32.